The summed E-state index contributed by atoms with van der Waals surface area (Å²) in [5.74, 6) is 0. The van der Waals surface area contributed by atoms with Gasteiger partial charge in [0, 0.05) is 6.04 Å². The fourth-order valence-corrected chi connectivity index (χ4v) is 4.74. The number of imidazole rings is 1. The Bertz CT molecular complexity index is 893. The minimum atomic E-state index is 0.419. The zero-order valence-corrected chi connectivity index (χ0v) is 20.6. The van der Waals surface area contributed by atoms with E-state index in [0.717, 1.165) is 12.8 Å². The number of benzene rings is 2. The normalized spacial score (nSPS) is 14.6. The molecule has 1 saturated carbocycles. The van der Waals surface area contributed by atoms with E-state index in [1.165, 1.54) is 49.5 Å². The fraction of sp³-hybridized carbons (Fsp3) is 0.348. The van der Waals surface area contributed by atoms with Crippen LogP contribution in [0.3, 0.4) is 0 Å². The molecule has 0 bridgehead atoms. The van der Waals surface area contributed by atoms with Gasteiger partial charge in [-0.3, -0.25) is 0 Å². The summed E-state index contributed by atoms with van der Waals surface area (Å²) in [5, 5.41) is 0. The van der Waals surface area contributed by atoms with E-state index in [4.69, 9.17) is 23.6 Å². The summed E-state index contributed by atoms with van der Waals surface area (Å²) in [6.07, 6.45) is 6.22. The van der Waals surface area contributed by atoms with Gasteiger partial charge < -0.3 is 0 Å². The van der Waals surface area contributed by atoms with Gasteiger partial charge in [0.15, 0.2) is 0 Å². The Hall–Kier alpha value is -1.12. The molecular formula is C23H27Cl2N3Pt. The van der Waals surface area contributed by atoms with Crippen molar-refractivity contribution in [3.05, 3.63) is 64.5 Å². The Balaban J connectivity index is 0.000000224. The minimum absolute atomic E-state index is 0.419. The second kappa shape index (κ2) is 10.8. The molecule has 0 amide bonds. The van der Waals surface area contributed by atoms with Crippen LogP contribution in [0.5, 0.6) is 0 Å². The molecule has 0 spiro atoms. The third-order valence-electron chi connectivity index (χ3n) is 5.35. The van der Waals surface area contributed by atoms with Crippen molar-refractivity contribution in [3.8, 4) is 22.5 Å². The molecule has 1 aromatic heterocycles. The molecule has 0 saturated heterocycles. The van der Waals surface area contributed by atoms with E-state index in [1.54, 1.807) is 0 Å². The Morgan fingerprint density at radius 1 is 0.759 bits per heavy atom. The van der Waals surface area contributed by atoms with Crippen LogP contribution in [-0.4, -0.2) is 19.1 Å². The zero-order chi connectivity index (χ0) is 20.8. The average molecular weight is 611 g/mol. The summed E-state index contributed by atoms with van der Waals surface area (Å²) in [7, 11) is 4.24. The molecule has 0 atom stereocenters. The SMILES string of the molecule is ClN(Cl)C1CCCCC1.Cn1c(-c2ccccc2)c(-c2ccccc2)n(C)[c]1=[Pt]. The first-order chi connectivity index (χ1) is 14.0. The Morgan fingerprint density at radius 3 is 1.52 bits per heavy atom. The predicted molar refractivity (Wildman–Crippen MR) is 119 cm³/mol. The number of aromatic nitrogens is 2. The van der Waals surface area contributed by atoms with Crippen LogP contribution >= 0.6 is 23.6 Å². The zero-order valence-electron chi connectivity index (χ0n) is 16.8. The van der Waals surface area contributed by atoms with Crippen molar-refractivity contribution in [1.82, 2.24) is 13.1 Å². The molecule has 0 radical (unpaired) electrons. The van der Waals surface area contributed by atoms with E-state index in [2.05, 4.69) is 103 Å². The first kappa shape index (κ1) is 22.6. The van der Waals surface area contributed by atoms with Crippen LogP contribution in [0.25, 0.3) is 22.5 Å². The number of nitrogens with zero attached hydrogens (tertiary/aromatic N) is 3. The van der Waals surface area contributed by atoms with Gasteiger partial charge in [0.2, 0.25) is 0 Å². The van der Waals surface area contributed by atoms with Crippen LogP contribution in [0.15, 0.2) is 60.7 Å². The van der Waals surface area contributed by atoms with Crippen LogP contribution in [0.1, 0.15) is 32.1 Å². The van der Waals surface area contributed by atoms with E-state index in [1.807, 2.05) is 0 Å². The number of hydrogen-bond acceptors (Lipinski definition) is 1. The van der Waals surface area contributed by atoms with E-state index in [-0.39, 0.29) is 0 Å². The summed E-state index contributed by atoms with van der Waals surface area (Å²) < 4.78 is 7.01. The summed E-state index contributed by atoms with van der Waals surface area (Å²) in [6.45, 7) is 0. The van der Waals surface area contributed by atoms with Gasteiger partial charge in [-0.25, -0.2) is 0 Å². The first-order valence-electron chi connectivity index (χ1n) is 9.93. The van der Waals surface area contributed by atoms with Crippen molar-refractivity contribution in [2.45, 2.75) is 38.1 Å². The second-order valence-corrected chi connectivity index (χ2v) is 9.26. The van der Waals surface area contributed by atoms with Crippen LogP contribution in [-0.2, 0) is 33.4 Å². The number of hydrogen-bond donors (Lipinski definition) is 0. The van der Waals surface area contributed by atoms with Crippen molar-refractivity contribution in [2.75, 3.05) is 0 Å². The quantitative estimate of drug-likeness (QED) is 0.301. The van der Waals surface area contributed by atoms with Crippen molar-refractivity contribution in [1.29, 1.82) is 0 Å². The van der Waals surface area contributed by atoms with Gasteiger partial charge in [-0.1, -0.05) is 19.3 Å². The predicted octanol–water partition coefficient (Wildman–Crippen LogP) is 6.71. The average Bonchev–Trinajstić information content (AvgIpc) is 3.00. The van der Waals surface area contributed by atoms with Gasteiger partial charge in [0.05, 0.1) is 0 Å². The Morgan fingerprint density at radius 2 is 1.17 bits per heavy atom. The van der Waals surface area contributed by atoms with E-state index >= 15 is 0 Å². The molecule has 3 aromatic rings. The second-order valence-electron chi connectivity index (χ2n) is 7.34. The molecule has 1 heterocycles. The van der Waals surface area contributed by atoms with Crippen LogP contribution in [0.2, 0.25) is 0 Å². The van der Waals surface area contributed by atoms with Crippen molar-refractivity contribution in [2.24, 2.45) is 14.1 Å². The van der Waals surface area contributed by atoms with Crippen molar-refractivity contribution < 1.29 is 19.4 Å². The van der Waals surface area contributed by atoms with Gasteiger partial charge in [-0.2, -0.15) is 0 Å². The fourth-order valence-electron chi connectivity index (χ4n) is 3.84. The number of rotatable bonds is 3. The molecule has 158 valence electrons. The molecule has 3 nitrogen and oxygen atoms in total. The molecule has 29 heavy (non-hydrogen) atoms. The molecule has 0 unspecified atom stereocenters. The summed E-state index contributed by atoms with van der Waals surface area (Å²) >= 11 is 13.5. The summed E-state index contributed by atoms with van der Waals surface area (Å²) in [6, 6.07) is 21.5. The molecule has 4 rings (SSSR count). The maximum atomic E-state index is 5.56. The van der Waals surface area contributed by atoms with Crippen LogP contribution in [0.4, 0.5) is 0 Å². The monoisotopic (exact) mass is 610 g/mol. The van der Waals surface area contributed by atoms with Crippen LogP contribution < -0.4 is 0 Å². The number of halogens is 2. The summed E-state index contributed by atoms with van der Waals surface area (Å²) in [4.78, 5) is 0. The summed E-state index contributed by atoms with van der Waals surface area (Å²) in [5.41, 5.74) is 4.99. The maximum absolute atomic E-state index is 5.56. The van der Waals surface area contributed by atoms with Crippen molar-refractivity contribution >= 4 is 23.6 Å². The van der Waals surface area contributed by atoms with Gasteiger partial charge in [0.25, 0.3) is 0 Å². The third kappa shape index (κ3) is 5.52. The van der Waals surface area contributed by atoms with Gasteiger partial charge >= 0.3 is 130 Å². The molecule has 0 N–H and O–H groups in total. The molecule has 1 aliphatic carbocycles. The van der Waals surface area contributed by atoms with E-state index < -0.39 is 0 Å². The van der Waals surface area contributed by atoms with Crippen LogP contribution in [0, 0.1) is 3.80 Å². The van der Waals surface area contributed by atoms with E-state index in [9.17, 15) is 0 Å². The molecule has 6 heteroatoms. The Kier molecular flexibility index (Phi) is 8.38. The van der Waals surface area contributed by atoms with E-state index in [0.29, 0.717) is 6.04 Å². The van der Waals surface area contributed by atoms with Crippen molar-refractivity contribution in [3.63, 3.8) is 0 Å². The van der Waals surface area contributed by atoms with Gasteiger partial charge in [-0.05, 0) is 36.4 Å². The molecule has 0 aliphatic heterocycles. The molecular weight excluding hydrogens is 584 g/mol. The topological polar surface area (TPSA) is 13.1 Å². The standard InChI is InChI=1S/C17H16N2.C6H11Cl2N.Pt/c1-18-13-19(2)17(15-11-7-4-8-12-15)16(18)14-9-5-3-6-10-14;7-9(8)6-4-2-1-3-5-6;/h3-12H,1-2H3;6H,1-5H2;. The Labute approximate surface area is 194 Å². The van der Waals surface area contributed by atoms with Gasteiger partial charge in [-0.15, -0.1) is 3.94 Å². The third-order valence-corrected chi connectivity index (χ3v) is 7.43. The molecule has 1 fully saturated rings. The molecule has 2 aromatic carbocycles. The van der Waals surface area contributed by atoms with Gasteiger partial charge in [0.1, 0.15) is 0 Å². The molecule has 1 aliphatic rings. The first-order valence-corrected chi connectivity index (χ1v) is 11.7.